The normalized spacial score (nSPS) is 17.7. The van der Waals surface area contributed by atoms with Crippen LogP contribution in [-0.2, 0) is 9.47 Å². The molecular formula is C27H32FN3O4. The van der Waals surface area contributed by atoms with Gasteiger partial charge in [-0.3, -0.25) is 0 Å². The summed E-state index contributed by atoms with van der Waals surface area (Å²) in [6, 6.07) is 11.9. The number of ether oxygens (including phenoxy) is 3. The first-order chi connectivity index (χ1) is 16.6. The van der Waals surface area contributed by atoms with Crippen LogP contribution in [0.5, 0.6) is 11.5 Å². The molecule has 1 spiro atoms. The molecule has 1 amide bonds. The van der Waals surface area contributed by atoms with Crippen LogP contribution in [0.4, 0.5) is 14.9 Å². The summed E-state index contributed by atoms with van der Waals surface area (Å²) in [6.07, 6.45) is 1.17. The Bertz CT molecular complexity index is 1130. The van der Waals surface area contributed by atoms with Gasteiger partial charge in [0.1, 0.15) is 22.9 Å². The van der Waals surface area contributed by atoms with Crippen molar-refractivity contribution >= 4 is 11.8 Å². The molecule has 0 atom stereocenters. The average molecular weight is 482 g/mol. The van der Waals surface area contributed by atoms with Crippen LogP contribution >= 0.6 is 0 Å². The van der Waals surface area contributed by atoms with Crippen LogP contribution in [-0.4, -0.2) is 55.0 Å². The van der Waals surface area contributed by atoms with E-state index in [1.807, 2.05) is 39.8 Å². The number of hydrogen-bond donors (Lipinski definition) is 0. The van der Waals surface area contributed by atoms with Gasteiger partial charge in [-0.05, 0) is 58.7 Å². The van der Waals surface area contributed by atoms with E-state index in [1.165, 1.54) is 12.1 Å². The molecule has 4 rings (SSSR count). The van der Waals surface area contributed by atoms with E-state index in [2.05, 4.69) is 11.0 Å². The first kappa shape index (κ1) is 24.8. The molecule has 2 aromatic carbocycles. The molecule has 2 fully saturated rings. The smallest absolute Gasteiger partial charge is 0.410 e. The Morgan fingerprint density at radius 1 is 1.17 bits per heavy atom. The van der Waals surface area contributed by atoms with Crippen molar-refractivity contribution in [2.45, 2.75) is 51.7 Å². The number of piperidine rings is 1. The number of morpholine rings is 1. The summed E-state index contributed by atoms with van der Waals surface area (Å²) in [5, 5.41) is 9.68. The first-order valence-corrected chi connectivity index (χ1v) is 11.9. The molecule has 2 aromatic rings. The van der Waals surface area contributed by atoms with Gasteiger partial charge in [0.05, 0.1) is 30.4 Å². The Morgan fingerprint density at radius 2 is 1.91 bits per heavy atom. The maximum absolute atomic E-state index is 13.6. The largest absolute Gasteiger partial charge is 0.457 e. The molecule has 0 radical (unpaired) electrons. The molecule has 0 N–H and O–H groups in total. The van der Waals surface area contributed by atoms with E-state index in [1.54, 1.807) is 17.0 Å². The van der Waals surface area contributed by atoms with Crippen molar-refractivity contribution in [3.05, 3.63) is 53.3 Å². The predicted octanol–water partition coefficient (Wildman–Crippen LogP) is 5.40. The number of amides is 1. The highest BCUT2D eigenvalue weighted by molar-refractivity contribution is 5.68. The van der Waals surface area contributed by atoms with Gasteiger partial charge in [-0.2, -0.15) is 5.26 Å². The van der Waals surface area contributed by atoms with Gasteiger partial charge in [0.15, 0.2) is 0 Å². The zero-order valence-corrected chi connectivity index (χ0v) is 20.8. The van der Waals surface area contributed by atoms with Crippen LogP contribution in [0.1, 0.15) is 44.7 Å². The topological polar surface area (TPSA) is 75.0 Å². The predicted molar refractivity (Wildman–Crippen MR) is 130 cm³/mol. The third-order valence-corrected chi connectivity index (χ3v) is 6.43. The Kier molecular flexibility index (Phi) is 6.91. The Labute approximate surface area is 206 Å². The minimum Gasteiger partial charge on any atom is -0.457 e. The number of halogens is 1. The van der Waals surface area contributed by atoms with Gasteiger partial charge < -0.3 is 24.0 Å². The van der Waals surface area contributed by atoms with Crippen molar-refractivity contribution < 1.29 is 23.4 Å². The highest BCUT2D eigenvalue weighted by Crippen LogP contribution is 2.36. The molecule has 0 aliphatic carbocycles. The van der Waals surface area contributed by atoms with Crippen LogP contribution < -0.4 is 9.64 Å². The minimum atomic E-state index is -0.541. The number of benzene rings is 2. The Morgan fingerprint density at radius 3 is 2.57 bits per heavy atom. The highest BCUT2D eigenvalue weighted by Gasteiger charge is 2.42. The average Bonchev–Trinajstić information content (AvgIpc) is 2.80. The summed E-state index contributed by atoms with van der Waals surface area (Å²) in [5.41, 5.74) is 1.14. The minimum absolute atomic E-state index is 0.307. The van der Waals surface area contributed by atoms with Gasteiger partial charge in [-0.15, -0.1) is 0 Å². The number of carbonyl (C=O) groups excluding carboxylic acids is 1. The van der Waals surface area contributed by atoms with Crippen molar-refractivity contribution in [2.24, 2.45) is 0 Å². The zero-order chi connectivity index (χ0) is 25.2. The second kappa shape index (κ2) is 9.74. The second-order valence-corrected chi connectivity index (χ2v) is 10.2. The van der Waals surface area contributed by atoms with Crippen LogP contribution in [0, 0.1) is 24.1 Å². The number of anilines is 1. The van der Waals surface area contributed by atoms with Gasteiger partial charge >= 0.3 is 6.09 Å². The number of hydrogen-bond acceptors (Lipinski definition) is 6. The Balaban J connectivity index is 1.48. The molecule has 186 valence electrons. The molecule has 8 heteroatoms. The van der Waals surface area contributed by atoms with Crippen molar-refractivity contribution in [2.75, 3.05) is 37.7 Å². The van der Waals surface area contributed by atoms with Gasteiger partial charge in [0.25, 0.3) is 0 Å². The quantitative estimate of drug-likeness (QED) is 0.584. The summed E-state index contributed by atoms with van der Waals surface area (Å²) < 4.78 is 31.3. The summed E-state index contributed by atoms with van der Waals surface area (Å²) >= 11 is 0. The lowest BCUT2D eigenvalue weighted by Crippen LogP contribution is -2.58. The molecule has 7 nitrogen and oxygen atoms in total. The highest BCUT2D eigenvalue weighted by atomic mass is 19.1. The monoisotopic (exact) mass is 481 g/mol. The number of carbonyl (C=O) groups is 1. The van der Waals surface area contributed by atoms with E-state index in [9.17, 15) is 14.4 Å². The molecule has 2 aliphatic rings. The van der Waals surface area contributed by atoms with Crippen LogP contribution in [0.3, 0.4) is 0 Å². The Hall–Kier alpha value is -3.31. The summed E-state index contributed by atoms with van der Waals surface area (Å²) in [7, 11) is 0. The zero-order valence-electron chi connectivity index (χ0n) is 20.8. The molecule has 0 aromatic heterocycles. The van der Waals surface area contributed by atoms with Gasteiger partial charge in [-0.1, -0.05) is 6.07 Å². The fraction of sp³-hybridized carbons (Fsp3) is 0.481. The van der Waals surface area contributed by atoms with E-state index in [0.717, 1.165) is 18.5 Å². The molecule has 2 saturated heterocycles. The van der Waals surface area contributed by atoms with Crippen molar-refractivity contribution in [1.82, 2.24) is 4.90 Å². The lowest BCUT2D eigenvalue weighted by molar-refractivity contribution is -0.119. The van der Waals surface area contributed by atoms with E-state index < -0.39 is 11.2 Å². The molecule has 0 saturated carbocycles. The van der Waals surface area contributed by atoms with E-state index in [4.69, 9.17) is 14.2 Å². The van der Waals surface area contributed by atoms with E-state index >= 15 is 0 Å². The lowest BCUT2D eigenvalue weighted by Gasteiger charge is -2.47. The first-order valence-electron chi connectivity index (χ1n) is 11.9. The van der Waals surface area contributed by atoms with Gasteiger partial charge in [0, 0.05) is 43.0 Å². The molecular weight excluding hydrogens is 449 g/mol. The third-order valence-electron chi connectivity index (χ3n) is 6.43. The second-order valence-electron chi connectivity index (χ2n) is 10.2. The fourth-order valence-electron chi connectivity index (χ4n) is 4.54. The summed E-state index contributed by atoms with van der Waals surface area (Å²) in [4.78, 5) is 16.5. The van der Waals surface area contributed by atoms with E-state index in [-0.39, 0.29) is 11.9 Å². The van der Waals surface area contributed by atoms with Gasteiger partial charge in [-0.25, -0.2) is 9.18 Å². The molecule has 35 heavy (non-hydrogen) atoms. The SMILES string of the molecule is Cc1c(C#N)cc(N2CCC3(CC2)CN(C(=O)OC(C)(C)C)CCO3)cc1Oc1cccc(F)c1. The fourth-order valence-corrected chi connectivity index (χ4v) is 4.54. The molecule has 2 aliphatic heterocycles. The maximum atomic E-state index is 13.6. The van der Waals surface area contributed by atoms with E-state index in [0.29, 0.717) is 55.4 Å². The van der Waals surface area contributed by atoms with Crippen molar-refractivity contribution in [1.29, 1.82) is 5.26 Å². The van der Waals surface area contributed by atoms with Crippen molar-refractivity contribution in [3.63, 3.8) is 0 Å². The lowest BCUT2D eigenvalue weighted by atomic mass is 9.89. The number of rotatable bonds is 3. The maximum Gasteiger partial charge on any atom is 0.410 e. The molecule has 0 bridgehead atoms. The summed E-state index contributed by atoms with van der Waals surface area (Å²) in [6.45, 7) is 10.3. The van der Waals surface area contributed by atoms with Crippen LogP contribution in [0.2, 0.25) is 0 Å². The molecule has 2 heterocycles. The van der Waals surface area contributed by atoms with Gasteiger partial charge in [0.2, 0.25) is 0 Å². The van der Waals surface area contributed by atoms with Crippen LogP contribution in [0.25, 0.3) is 0 Å². The van der Waals surface area contributed by atoms with Crippen LogP contribution in [0.15, 0.2) is 36.4 Å². The third kappa shape index (κ3) is 5.85. The summed E-state index contributed by atoms with van der Waals surface area (Å²) in [5.74, 6) is 0.519. The number of nitriles is 1. The standard InChI is InChI=1S/C27H32FN3O4/c1-19-20(17-29)14-22(16-24(19)34-23-7-5-6-21(28)15-23)30-10-8-27(9-11-30)18-31(12-13-33-27)25(32)35-26(2,3)4/h5-7,14-16H,8-13,18H2,1-4H3. The molecule has 0 unspecified atom stereocenters. The number of nitrogens with zero attached hydrogens (tertiary/aromatic N) is 3. The van der Waals surface area contributed by atoms with Crippen molar-refractivity contribution in [3.8, 4) is 17.6 Å².